The van der Waals surface area contributed by atoms with Crippen molar-refractivity contribution in [3.63, 3.8) is 0 Å². The van der Waals surface area contributed by atoms with Crippen LogP contribution in [-0.4, -0.2) is 0 Å². The summed E-state index contributed by atoms with van der Waals surface area (Å²) in [5.41, 5.74) is 1.46. The Hall–Kier alpha value is -0.780. The molecular weight excluding hydrogens is 132 g/mol. The maximum absolute atomic E-state index is 2.22. The summed E-state index contributed by atoms with van der Waals surface area (Å²) in [6, 6.07) is 10.8. The Morgan fingerprint density at radius 1 is 0.818 bits per heavy atom. The zero-order valence-electron chi connectivity index (χ0n) is 6.72. The topological polar surface area (TPSA) is 0 Å². The first kappa shape index (κ1) is 6.90. The summed E-state index contributed by atoms with van der Waals surface area (Å²) in [6.45, 7) is 0. The average Bonchev–Trinajstić information content (AvgIpc) is 2.58. The number of rotatable bonds is 1. The van der Waals surface area contributed by atoms with Gasteiger partial charge in [0.1, 0.15) is 0 Å². The lowest BCUT2D eigenvalue weighted by Crippen LogP contribution is -1.91. The van der Waals surface area contributed by atoms with Crippen LogP contribution in [0.4, 0.5) is 0 Å². The maximum atomic E-state index is 2.22. The summed E-state index contributed by atoms with van der Waals surface area (Å²) in [5, 5.41) is 0. The number of hydrogen-bond donors (Lipinski definition) is 0. The lowest BCUT2D eigenvalue weighted by molar-refractivity contribution is 0.886. The van der Waals surface area contributed by atoms with Crippen LogP contribution in [0.2, 0.25) is 0 Å². The average molecular weight is 145 g/mol. The van der Waals surface area contributed by atoms with Crippen molar-refractivity contribution in [1.29, 1.82) is 0 Å². The number of hydrogen-bond acceptors (Lipinski definition) is 0. The van der Waals surface area contributed by atoms with Gasteiger partial charge in [-0.05, 0) is 18.4 Å². The highest BCUT2D eigenvalue weighted by Crippen LogP contribution is 2.32. The van der Waals surface area contributed by atoms with E-state index in [4.69, 9.17) is 0 Å². The van der Waals surface area contributed by atoms with Crippen LogP contribution in [0.15, 0.2) is 30.3 Å². The zero-order chi connectivity index (χ0) is 7.52. The Balaban J connectivity index is 2.16. The molecule has 0 atom stereocenters. The van der Waals surface area contributed by atoms with E-state index in [1.807, 2.05) is 0 Å². The molecule has 0 saturated heterocycles. The predicted octanol–water partition coefficient (Wildman–Crippen LogP) is 3.18. The molecule has 1 aliphatic rings. The summed E-state index contributed by atoms with van der Waals surface area (Å²) in [5.74, 6) is 1.66. The summed E-state index contributed by atoms with van der Waals surface area (Å²) < 4.78 is 0. The summed E-state index contributed by atoms with van der Waals surface area (Å²) in [6.07, 6.45) is 5.43. The Morgan fingerprint density at radius 3 is 2.09 bits per heavy atom. The minimum absolute atomic E-state index is 1.32. The van der Waals surface area contributed by atoms with Crippen molar-refractivity contribution < 1.29 is 0 Å². The van der Waals surface area contributed by atoms with E-state index in [0.29, 0.717) is 0 Å². The molecule has 2 rings (SSSR count). The van der Waals surface area contributed by atoms with Gasteiger partial charge in [0.25, 0.3) is 0 Å². The molecule has 11 heavy (non-hydrogen) atoms. The highest BCUT2D eigenvalue weighted by Gasteiger charge is 2.16. The fourth-order valence-corrected chi connectivity index (χ4v) is 1.76. The standard InChI is InChI=1S/C11H13/c1-2-6-10(7-3-1)11-8-4-5-9-11/h1-3,6-7H,4-5,8-9H2. The van der Waals surface area contributed by atoms with Crippen LogP contribution in [0.1, 0.15) is 31.2 Å². The smallest absolute Gasteiger partial charge is 0.00498 e. The van der Waals surface area contributed by atoms with Crippen molar-refractivity contribution in [2.24, 2.45) is 0 Å². The first-order chi connectivity index (χ1) is 5.47. The van der Waals surface area contributed by atoms with Gasteiger partial charge in [-0.1, -0.05) is 43.2 Å². The fourth-order valence-electron chi connectivity index (χ4n) is 1.76. The van der Waals surface area contributed by atoms with Crippen molar-refractivity contribution in [1.82, 2.24) is 0 Å². The summed E-state index contributed by atoms with van der Waals surface area (Å²) >= 11 is 0. The van der Waals surface area contributed by atoms with Gasteiger partial charge in [0, 0.05) is 5.92 Å². The van der Waals surface area contributed by atoms with Crippen molar-refractivity contribution in [3.8, 4) is 0 Å². The SMILES string of the molecule is c1ccc([C]2CCCC2)cc1. The number of benzene rings is 1. The molecule has 1 radical (unpaired) electrons. The van der Waals surface area contributed by atoms with Gasteiger partial charge in [-0.25, -0.2) is 0 Å². The van der Waals surface area contributed by atoms with Crippen molar-refractivity contribution in [2.75, 3.05) is 0 Å². The molecule has 0 bridgehead atoms. The third-order valence-electron chi connectivity index (χ3n) is 2.39. The molecule has 0 unspecified atom stereocenters. The van der Waals surface area contributed by atoms with E-state index in [9.17, 15) is 0 Å². The van der Waals surface area contributed by atoms with E-state index < -0.39 is 0 Å². The van der Waals surface area contributed by atoms with Gasteiger partial charge in [0.15, 0.2) is 0 Å². The molecule has 1 aromatic rings. The van der Waals surface area contributed by atoms with Gasteiger partial charge in [0.05, 0.1) is 0 Å². The third-order valence-corrected chi connectivity index (χ3v) is 2.39. The van der Waals surface area contributed by atoms with Crippen LogP contribution in [-0.2, 0) is 0 Å². The molecule has 57 valence electrons. The van der Waals surface area contributed by atoms with Crippen LogP contribution < -0.4 is 0 Å². The molecule has 1 aliphatic carbocycles. The maximum Gasteiger partial charge on any atom is 0.00498 e. The zero-order valence-corrected chi connectivity index (χ0v) is 6.72. The van der Waals surface area contributed by atoms with Crippen LogP contribution in [0.25, 0.3) is 0 Å². The predicted molar refractivity (Wildman–Crippen MR) is 47.3 cm³/mol. The van der Waals surface area contributed by atoms with Gasteiger partial charge >= 0.3 is 0 Å². The minimum atomic E-state index is 1.32. The largest absolute Gasteiger partial charge is 0.0622 e. The molecular formula is C11H13. The van der Waals surface area contributed by atoms with E-state index in [1.54, 1.807) is 5.92 Å². The molecule has 0 N–H and O–H groups in total. The molecule has 1 saturated carbocycles. The molecule has 0 heteroatoms. The molecule has 0 amide bonds. The van der Waals surface area contributed by atoms with Gasteiger partial charge < -0.3 is 0 Å². The highest BCUT2D eigenvalue weighted by atomic mass is 14.2. The van der Waals surface area contributed by atoms with Crippen LogP contribution in [0, 0.1) is 5.92 Å². The van der Waals surface area contributed by atoms with E-state index in [1.165, 1.54) is 31.2 Å². The monoisotopic (exact) mass is 145 g/mol. The second-order valence-electron chi connectivity index (χ2n) is 3.18. The molecule has 0 nitrogen and oxygen atoms in total. The molecule has 0 aromatic heterocycles. The molecule has 0 spiro atoms. The second kappa shape index (κ2) is 3.08. The molecule has 1 aromatic carbocycles. The fraction of sp³-hybridized carbons (Fsp3) is 0.364. The summed E-state index contributed by atoms with van der Waals surface area (Å²) in [4.78, 5) is 0. The van der Waals surface area contributed by atoms with Crippen LogP contribution in [0.3, 0.4) is 0 Å². The Kier molecular flexibility index (Phi) is 1.93. The Bertz CT molecular complexity index is 207. The first-order valence-corrected chi connectivity index (χ1v) is 4.37. The quantitative estimate of drug-likeness (QED) is 0.569. The lowest BCUT2D eigenvalue weighted by atomic mass is 9.98. The Labute approximate surface area is 68.3 Å². The van der Waals surface area contributed by atoms with Crippen molar-refractivity contribution >= 4 is 0 Å². The van der Waals surface area contributed by atoms with E-state index in [0.717, 1.165) is 0 Å². The van der Waals surface area contributed by atoms with Crippen LogP contribution in [0.5, 0.6) is 0 Å². The van der Waals surface area contributed by atoms with Crippen LogP contribution >= 0.6 is 0 Å². The second-order valence-corrected chi connectivity index (χ2v) is 3.18. The third kappa shape index (κ3) is 1.45. The van der Waals surface area contributed by atoms with Gasteiger partial charge in [-0.2, -0.15) is 0 Å². The lowest BCUT2D eigenvalue weighted by Gasteiger charge is -2.06. The summed E-state index contributed by atoms with van der Waals surface area (Å²) in [7, 11) is 0. The van der Waals surface area contributed by atoms with Gasteiger partial charge in [-0.3, -0.25) is 0 Å². The van der Waals surface area contributed by atoms with E-state index >= 15 is 0 Å². The van der Waals surface area contributed by atoms with E-state index in [-0.39, 0.29) is 0 Å². The van der Waals surface area contributed by atoms with Crippen molar-refractivity contribution in [3.05, 3.63) is 41.8 Å². The van der Waals surface area contributed by atoms with Gasteiger partial charge in [-0.15, -0.1) is 0 Å². The highest BCUT2D eigenvalue weighted by molar-refractivity contribution is 5.31. The van der Waals surface area contributed by atoms with E-state index in [2.05, 4.69) is 30.3 Å². The molecule has 0 aliphatic heterocycles. The minimum Gasteiger partial charge on any atom is -0.0622 e. The Morgan fingerprint density at radius 2 is 1.45 bits per heavy atom. The van der Waals surface area contributed by atoms with Crippen molar-refractivity contribution in [2.45, 2.75) is 25.7 Å². The van der Waals surface area contributed by atoms with Gasteiger partial charge in [0.2, 0.25) is 0 Å². The first-order valence-electron chi connectivity index (χ1n) is 4.37. The molecule has 0 heterocycles. The molecule has 1 fully saturated rings. The normalized spacial score (nSPS) is 18.9.